The van der Waals surface area contributed by atoms with Crippen LogP contribution in [0.2, 0.25) is 5.02 Å². The Morgan fingerprint density at radius 2 is 1.89 bits per heavy atom. The van der Waals surface area contributed by atoms with Crippen molar-refractivity contribution in [2.45, 2.75) is 51.1 Å². The number of hydrogen-bond acceptors (Lipinski definition) is 4. The van der Waals surface area contributed by atoms with Crippen molar-refractivity contribution in [3.63, 3.8) is 0 Å². The third kappa shape index (κ3) is 6.09. The highest BCUT2D eigenvalue weighted by atomic mass is 35.5. The largest absolute Gasteiger partial charge is 0.491 e. The van der Waals surface area contributed by atoms with Crippen LogP contribution < -0.4 is 10.1 Å². The summed E-state index contributed by atoms with van der Waals surface area (Å²) in [6.45, 7) is 7.31. The van der Waals surface area contributed by atoms with Gasteiger partial charge in [0.15, 0.2) is 0 Å². The van der Waals surface area contributed by atoms with E-state index in [4.69, 9.17) is 16.3 Å². The van der Waals surface area contributed by atoms with Gasteiger partial charge in [0.25, 0.3) is 0 Å². The van der Waals surface area contributed by atoms with E-state index in [2.05, 4.69) is 15.1 Å². The van der Waals surface area contributed by atoms with Crippen molar-refractivity contribution >= 4 is 17.5 Å². The minimum atomic E-state index is -0.0477. The molecular weight excluding hydrogens is 362 g/mol. The van der Waals surface area contributed by atoms with Gasteiger partial charge in [-0.25, -0.2) is 0 Å². The number of rotatable bonds is 7. The number of carbonyl (C=O) groups is 1. The van der Waals surface area contributed by atoms with Crippen LogP contribution in [-0.2, 0) is 4.79 Å². The number of halogens is 1. The Kier molecular flexibility index (Phi) is 7.80. The SMILES string of the molecule is CC(C(=O)NC1CCCCC1)N1CCN(CCOc2ccccc2Cl)CC1. The lowest BCUT2D eigenvalue weighted by atomic mass is 9.95. The van der Waals surface area contributed by atoms with Gasteiger partial charge in [0.2, 0.25) is 5.91 Å². The maximum atomic E-state index is 12.6. The van der Waals surface area contributed by atoms with Gasteiger partial charge in [-0.15, -0.1) is 0 Å². The van der Waals surface area contributed by atoms with Gasteiger partial charge in [-0.3, -0.25) is 14.6 Å². The smallest absolute Gasteiger partial charge is 0.237 e. The second kappa shape index (κ2) is 10.3. The van der Waals surface area contributed by atoms with E-state index in [0.717, 1.165) is 51.3 Å². The summed E-state index contributed by atoms with van der Waals surface area (Å²) < 4.78 is 5.79. The number of ether oxygens (including phenoxy) is 1. The molecule has 6 heteroatoms. The summed E-state index contributed by atoms with van der Waals surface area (Å²) >= 11 is 6.12. The van der Waals surface area contributed by atoms with Gasteiger partial charge in [0.1, 0.15) is 12.4 Å². The zero-order chi connectivity index (χ0) is 19.1. The Balaban J connectivity index is 1.35. The zero-order valence-electron chi connectivity index (χ0n) is 16.3. The molecule has 2 fully saturated rings. The number of piperazine rings is 1. The summed E-state index contributed by atoms with van der Waals surface area (Å²) in [4.78, 5) is 17.2. The van der Waals surface area contributed by atoms with Crippen molar-refractivity contribution in [3.05, 3.63) is 29.3 Å². The summed E-state index contributed by atoms with van der Waals surface area (Å²) in [6, 6.07) is 7.91. The quantitative estimate of drug-likeness (QED) is 0.772. The Hall–Kier alpha value is -1.30. The molecule has 150 valence electrons. The first-order valence-corrected chi connectivity index (χ1v) is 10.7. The van der Waals surface area contributed by atoms with E-state index >= 15 is 0 Å². The molecule has 1 heterocycles. The fraction of sp³-hybridized carbons (Fsp3) is 0.667. The fourth-order valence-electron chi connectivity index (χ4n) is 3.96. The molecule has 3 rings (SSSR count). The molecule has 1 aromatic rings. The number of carbonyl (C=O) groups excluding carboxylic acids is 1. The van der Waals surface area contributed by atoms with Crippen molar-refractivity contribution in [1.29, 1.82) is 0 Å². The molecule has 1 saturated heterocycles. The summed E-state index contributed by atoms with van der Waals surface area (Å²) in [5.41, 5.74) is 0. The second-order valence-electron chi connectivity index (χ2n) is 7.68. The predicted molar refractivity (Wildman–Crippen MR) is 109 cm³/mol. The maximum absolute atomic E-state index is 12.6. The standard InChI is InChI=1S/C21H32ClN3O2/c1-17(21(26)23-18-7-3-2-4-8-18)25-13-11-24(12-14-25)15-16-27-20-10-6-5-9-19(20)22/h5-6,9-10,17-18H,2-4,7-8,11-16H2,1H3,(H,23,26). The number of benzene rings is 1. The molecule has 0 spiro atoms. The lowest BCUT2D eigenvalue weighted by molar-refractivity contribution is -0.127. The van der Waals surface area contributed by atoms with Crippen LogP contribution in [0.15, 0.2) is 24.3 Å². The molecule has 1 aromatic carbocycles. The van der Waals surface area contributed by atoms with Crippen molar-refractivity contribution in [3.8, 4) is 5.75 Å². The van der Waals surface area contributed by atoms with Gasteiger partial charge in [-0.1, -0.05) is 43.0 Å². The van der Waals surface area contributed by atoms with E-state index in [-0.39, 0.29) is 11.9 Å². The Morgan fingerprint density at radius 3 is 2.59 bits per heavy atom. The van der Waals surface area contributed by atoms with Crippen LogP contribution in [0, 0.1) is 0 Å². The van der Waals surface area contributed by atoms with Crippen LogP contribution in [0.1, 0.15) is 39.0 Å². The van der Waals surface area contributed by atoms with Crippen LogP contribution in [0.4, 0.5) is 0 Å². The van der Waals surface area contributed by atoms with Crippen LogP contribution >= 0.6 is 11.6 Å². The Labute approximate surface area is 168 Å². The molecule has 5 nitrogen and oxygen atoms in total. The van der Waals surface area contributed by atoms with Gasteiger partial charge < -0.3 is 10.1 Å². The zero-order valence-corrected chi connectivity index (χ0v) is 17.1. The average molecular weight is 394 g/mol. The number of para-hydroxylation sites is 1. The van der Waals surface area contributed by atoms with Crippen LogP contribution in [-0.4, -0.2) is 67.1 Å². The number of nitrogens with zero attached hydrogens (tertiary/aromatic N) is 2. The van der Waals surface area contributed by atoms with Crippen molar-refractivity contribution < 1.29 is 9.53 Å². The fourth-order valence-corrected chi connectivity index (χ4v) is 4.15. The molecule has 1 atom stereocenters. The highest BCUT2D eigenvalue weighted by Gasteiger charge is 2.27. The monoisotopic (exact) mass is 393 g/mol. The lowest BCUT2D eigenvalue weighted by Gasteiger charge is -2.38. The number of amides is 1. The normalized spacial score (nSPS) is 21.0. The minimum absolute atomic E-state index is 0.0477. The van der Waals surface area contributed by atoms with Crippen molar-refractivity contribution in [2.24, 2.45) is 0 Å². The van der Waals surface area contributed by atoms with Crippen LogP contribution in [0.5, 0.6) is 5.75 Å². The van der Waals surface area contributed by atoms with E-state index in [9.17, 15) is 4.79 Å². The molecule has 0 aromatic heterocycles. The van der Waals surface area contributed by atoms with Crippen LogP contribution in [0.25, 0.3) is 0 Å². The van der Waals surface area contributed by atoms with E-state index in [1.165, 1.54) is 19.3 Å². The first-order chi connectivity index (χ1) is 13.1. The third-order valence-electron chi connectivity index (χ3n) is 5.79. The molecule has 27 heavy (non-hydrogen) atoms. The highest BCUT2D eigenvalue weighted by molar-refractivity contribution is 6.32. The molecule has 2 aliphatic rings. The Bertz CT molecular complexity index is 599. The van der Waals surface area contributed by atoms with E-state index < -0.39 is 0 Å². The molecule has 1 unspecified atom stereocenters. The van der Waals surface area contributed by atoms with Gasteiger partial charge in [0.05, 0.1) is 11.1 Å². The summed E-state index contributed by atoms with van der Waals surface area (Å²) in [5, 5.41) is 3.91. The summed E-state index contributed by atoms with van der Waals surface area (Å²) in [7, 11) is 0. The molecule has 0 bridgehead atoms. The highest BCUT2D eigenvalue weighted by Crippen LogP contribution is 2.23. The second-order valence-corrected chi connectivity index (χ2v) is 8.08. The van der Waals surface area contributed by atoms with Crippen molar-refractivity contribution in [1.82, 2.24) is 15.1 Å². The molecule has 0 radical (unpaired) electrons. The molecule has 1 aliphatic heterocycles. The van der Waals surface area contributed by atoms with E-state index in [1.54, 1.807) is 0 Å². The topological polar surface area (TPSA) is 44.8 Å². The van der Waals surface area contributed by atoms with E-state index in [1.807, 2.05) is 31.2 Å². The summed E-state index contributed by atoms with van der Waals surface area (Å²) in [5.74, 6) is 0.934. The average Bonchev–Trinajstić information content (AvgIpc) is 2.70. The third-order valence-corrected chi connectivity index (χ3v) is 6.10. The molecule has 1 N–H and O–H groups in total. The van der Waals surface area contributed by atoms with Crippen molar-refractivity contribution in [2.75, 3.05) is 39.3 Å². The molecule has 1 saturated carbocycles. The summed E-state index contributed by atoms with van der Waals surface area (Å²) in [6.07, 6.45) is 6.07. The Morgan fingerprint density at radius 1 is 1.19 bits per heavy atom. The first-order valence-electron chi connectivity index (χ1n) is 10.3. The first kappa shape index (κ1) is 20.4. The van der Waals surface area contributed by atoms with Gasteiger partial charge in [0, 0.05) is 38.8 Å². The molecule has 1 aliphatic carbocycles. The van der Waals surface area contributed by atoms with Gasteiger partial charge in [-0.05, 0) is 31.9 Å². The minimum Gasteiger partial charge on any atom is -0.491 e. The maximum Gasteiger partial charge on any atom is 0.237 e. The molecule has 1 amide bonds. The lowest BCUT2D eigenvalue weighted by Crippen LogP contribution is -2.55. The van der Waals surface area contributed by atoms with E-state index in [0.29, 0.717) is 17.7 Å². The van der Waals surface area contributed by atoms with Gasteiger partial charge >= 0.3 is 0 Å². The number of hydrogen-bond donors (Lipinski definition) is 1. The predicted octanol–water partition coefficient (Wildman–Crippen LogP) is 3.17. The molecular formula is C21H32ClN3O2. The van der Waals surface area contributed by atoms with Gasteiger partial charge in [-0.2, -0.15) is 0 Å². The van der Waals surface area contributed by atoms with Crippen LogP contribution in [0.3, 0.4) is 0 Å². The number of nitrogens with one attached hydrogen (secondary N) is 1.